The van der Waals surface area contributed by atoms with Crippen molar-refractivity contribution in [2.75, 3.05) is 47.8 Å². The third-order valence-corrected chi connectivity index (χ3v) is 6.54. The summed E-state index contributed by atoms with van der Waals surface area (Å²) >= 11 is 0. The van der Waals surface area contributed by atoms with Gasteiger partial charge in [0.15, 0.2) is 0 Å². The molecule has 1 aliphatic rings. The van der Waals surface area contributed by atoms with Crippen LogP contribution < -0.4 is 5.32 Å². The number of hydrogen-bond donors (Lipinski definition) is 1. The summed E-state index contributed by atoms with van der Waals surface area (Å²) in [6.07, 6.45) is 1.69. The average molecular weight is 397 g/mol. The van der Waals surface area contributed by atoms with Crippen LogP contribution in [0.1, 0.15) is 23.2 Å². The normalized spacial score (nSPS) is 15.7. The van der Waals surface area contributed by atoms with Crippen LogP contribution in [0.25, 0.3) is 0 Å². The van der Waals surface area contributed by atoms with Crippen molar-refractivity contribution in [3.8, 4) is 0 Å². The van der Waals surface area contributed by atoms with Crippen LogP contribution in [-0.2, 0) is 10.0 Å². The van der Waals surface area contributed by atoms with Crippen molar-refractivity contribution in [2.45, 2.75) is 17.7 Å². The number of sulfonamides is 1. The molecule has 8 nitrogen and oxygen atoms in total. The van der Waals surface area contributed by atoms with Gasteiger partial charge < -0.3 is 15.1 Å². The van der Waals surface area contributed by atoms with Crippen LogP contribution in [0.15, 0.2) is 29.2 Å². The molecule has 1 aromatic rings. The molecule has 0 saturated carbocycles. The van der Waals surface area contributed by atoms with Gasteiger partial charge in [0.05, 0.1) is 4.90 Å². The third-order valence-electron chi connectivity index (χ3n) is 4.71. The van der Waals surface area contributed by atoms with Gasteiger partial charge in [0, 0.05) is 53.4 Å². The van der Waals surface area contributed by atoms with Crippen molar-refractivity contribution in [2.24, 2.45) is 5.92 Å². The Kier molecular flexibility index (Phi) is 6.83. The number of nitrogens with one attached hydrogen (secondary N) is 1. The molecule has 150 valence electrons. The van der Waals surface area contributed by atoms with E-state index in [1.165, 1.54) is 38.4 Å². The highest BCUT2D eigenvalue weighted by Gasteiger charge is 2.24. The minimum Gasteiger partial charge on any atom is -0.352 e. The number of urea groups is 1. The summed E-state index contributed by atoms with van der Waals surface area (Å²) in [7, 11) is 2.91. The van der Waals surface area contributed by atoms with Crippen LogP contribution in [0.5, 0.6) is 0 Å². The number of benzene rings is 1. The standard InChI is InChI=1S/C18H28N4O4S/c1-20(2)18(24)22-11-9-14(10-12-22)13-19-17(23)15-5-7-16(8-6-15)27(25,26)21(3)4/h5-8,14H,9-13H2,1-4H3,(H,19,23). The van der Waals surface area contributed by atoms with Gasteiger partial charge >= 0.3 is 6.03 Å². The van der Waals surface area contributed by atoms with E-state index in [-0.39, 0.29) is 16.8 Å². The quantitative estimate of drug-likeness (QED) is 0.806. The first-order chi connectivity index (χ1) is 12.6. The zero-order valence-electron chi connectivity index (χ0n) is 16.3. The summed E-state index contributed by atoms with van der Waals surface area (Å²) < 4.78 is 25.2. The molecule has 1 aliphatic heterocycles. The van der Waals surface area contributed by atoms with Crippen LogP contribution in [0.3, 0.4) is 0 Å². The summed E-state index contributed by atoms with van der Waals surface area (Å²) in [5.74, 6) is 0.101. The molecule has 1 N–H and O–H groups in total. The lowest BCUT2D eigenvalue weighted by Crippen LogP contribution is -2.45. The highest BCUT2D eigenvalue weighted by atomic mass is 32.2. The van der Waals surface area contributed by atoms with E-state index in [0.29, 0.717) is 31.1 Å². The Balaban J connectivity index is 1.86. The molecule has 0 spiro atoms. The van der Waals surface area contributed by atoms with Crippen molar-refractivity contribution in [3.63, 3.8) is 0 Å². The lowest BCUT2D eigenvalue weighted by atomic mass is 9.97. The minimum atomic E-state index is -3.50. The van der Waals surface area contributed by atoms with E-state index in [2.05, 4.69) is 5.32 Å². The van der Waals surface area contributed by atoms with Crippen molar-refractivity contribution >= 4 is 22.0 Å². The van der Waals surface area contributed by atoms with Crippen LogP contribution in [-0.4, -0.2) is 82.3 Å². The number of nitrogens with zero attached hydrogens (tertiary/aromatic N) is 3. The second kappa shape index (κ2) is 8.71. The fourth-order valence-corrected chi connectivity index (χ4v) is 3.84. The van der Waals surface area contributed by atoms with Crippen LogP contribution in [0.2, 0.25) is 0 Å². The number of piperidine rings is 1. The van der Waals surface area contributed by atoms with E-state index in [4.69, 9.17) is 0 Å². The molecule has 1 heterocycles. The number of rotatable bonds is 5. The highest BCUT2D eigenvalue weighted by Crippen LogP contribution is 2.18. The van der Waals surface area contributed by atoms with Crippen molar-refractivity contribution < 1.29 is 18.0 Å². The van der Waals surface area contributed by atoms with Gasteiger partial charge in [0.25, 0.3) is 5.91 Å². The monoisotopic (exact) mass is 396 g/mol. The fraction of sp³-hybridized carbons (Fsp3) is 0.556. The molecule has 0 aliphatic carbocycles. The van der Waals surface area contributed by atoms with E-state index in [9.17, 15) is 18.0 Å². The van der Waals surface area contributed by atoms with Crippen molar-refractivity contribution in [1.82, 2.24) is 19.4 Å². The van der Waals surface area contributed by atoms with E-state index < -0.39 is 10.0 Å². The smallest absolute Gasteiger partial charge is 0.319 e. The zero-order valence-corrected chi connectivity index (χ0v) is 17.1. The van der Waals surface area contributed by atoms with Gasteiger partial charge in [0.2, 0.25) is 10.0 Å². The molecule has 0 radical (unpaired) electrons. The Morgan fingerprint density at radius 2 is 1.63 bits per heavy atom. The van der Waals surface area contributed by atoms with Crippen LogP contribution >= 0.6 is 0 Å². The van der Waals surface area contributed by atoms with Gasteiger partial charge in [-0.3, -0.25) is 4.79 Å². The summed E-state index contributed by atoms with van der Waals surface area (Å²) in [6, 6.07) is 5.93. The van der Waals surface area contributed by atoms with E-state index in [1.54, 1.807) is 19.0 Å². The summed E-state index contributed by atoms with van der Waals surface area (Å²) in [5, 5.41) is 2.90. The Labute approximate surface area is 161 Å². The first-order valence-electron chi connectivity index (χ1n) is 8.90. The maximum atomic E-state index is 12.3. The molecule has 1 fully saturated rings. The fourth-order valence-electron chi connectivity index (χ4n) is 2.94. The second-order valence-electron chi connectivity index (χ2n) is 7.13. The first kappa shape index (κ1) is 21.2. The van der Waals surface area contributed by atoms with Crippen molar-refractivity contribution in [3.05, 3.63) is 29.8 Å². The second-order valence-corrected chi connectivity index (χ2v) is 9.28. The van der Waals surface area contributed by atoms with Gasteiger partial charge in [-0.1, -0.05) is 0 Å². The van der Waals surface area contributed by atoms with Crippen molar-refractivity contribution in [1.29, 1.82) is 0 Å². The molecule has 0 atom stereocenters. The summed E-state index contributed by atoms with van der Waals surface area (Å²) in [5.41, 5.74) is 0.424. The van der Waals surface area contributed by atoms with E-state index in [0.717, 1.165) is 17.1 Å². The molecule has 1 aromatic carbocycles. The molecule has 9 heteroatoms. The molecule has 0 unspecified atom stereocenters. The van der Waals surface area contributed by atoms with Gasteiger partial charge in [0.1, 0.15) is 0 Å². The van der Waals surface area contributed by atoms with Gasteiger partial charge in [-0.2, -0.15) is 0 Å². The Morgan fingerprint density at radius 3 is 2.11 bits per heavy atom. The molecule has 3 amide bonds. The minimum absolute atomic E-state index is 0.0188. The van der Waals surface area contributed by atoms with Gasteiger partial charge in [-0.25, -0.2) is 17.5 Å². The lowest BCUT2D eigenvalue weighted by Gasteiger charge is -2.33. The molecule has 2 rings (SSSR count). The number of hydrogen-bond acceptors (Lipinski definition) is 4. The zero-order chi connectivity index (χ0) is 20.2. The number of carbonyl (C=O) groups excluding carboxylic acids is 2. The summed E-state index contributed by atoms with van der Waals surface area (Å²) in [4.78, 5) is 27.8. The number of amides is 3. The topological polar surface area (TPSA) is 90.0 Å². The first-order valence-corrected chi connectivity index (χ1v) is 10.3. The van der Waals surface area contributed by atoms with Crippen LogP contribution in [0.4, 0.5) is 4.79 Å². The average Bonchev–Trinajstić information content (AvgIpc) is 2.65. The molecule has 27 heavy (non-hydrogen) atoms. The number of likely N-dealkylation sites (tertiary alicyclic amines) is 1. The Morgan fingerprint density at radius 1 is 1.07 bits per heavy atom. The Bertz CT molecular complexity index is 767. The predicted octanol–water partition coefficient (Wildman–Crippen LogP) is 1.06. The largest absolute Gasteiger partial charge is 0.352 e. The maximum absolute atomic E-state index is 12.3. The Hall–Kier alpha value is -2.13. The molecule has 1 saturated heterocycles. The molecule has 0 aromatic heterocycles. The molecule has 0 bridgehead atoms. The summed E-state index contributed by atoms with van der Waals surface area (Å²) in [6.45, 7) is 1.92. The SMILES string of the molecule is CN(C)C(=O)N1CCC(CNC(=O)c2ccc(S(=O)(=O)N(C)C)cc2)CC1. The van der Waals surface area contributed by atoms with Gasteiger partial charge in [-0.15, -0.1) is 0 Å². The maximum Gasteiger partial charge on any atom is 0.319 e. The molecular formula is C18H28N4O4S. The van der Waals surface area contributed by atoms with E-state index in [1.807, 2.05) is 4.90 Å². The van der Waals surface area contributed by atoms with Gasteiger partial charge in [-0.05, 0) is 43.0 Å². The third kappa shape index (κ3) is 5.20. The molecular weight excluding hydrogens is 368 g/mol. The van der Waals surface area contributed by atoms with E-state index >= 15 is 0 Å². The number of carbonyl (C=O) groups is 2. The predicted molar refractivity (Wildman–Crippen MR) is 103 cm³/mol. The van der Waals surface area contributed by atoms with Crippen LogP contribution in [0, 0.1) is 5.92 Å². The highest BCUT2D eigenvalue weighted by molar-refractivity contribution is 7.89. The lowest BCUT2D eigenvalue weighted by molar-refractivity contribution is 0.0935.